The Morgan fingerprint density at radius 3 is 2.94 bits per heavy atom. The summed E-state index contributed by atoms with van der Waals surface area (Å²) in [5, 5.41) is 0. The number of ether oxygens (including phenoxy) is 1. The zero-order valence-corrected chi connectivity index (χ0v) is 10.6. The van der Waals surface area contributed by atoms with Gasteiger partial charge in [0, 0.05) is 25.8 Å². The van der Waals surface area contributed by atoms with Crippen molar-refractivity contribution in [1.82, 2.24) is 4.98 Å². The van der Waals surface area contributed by atoms with Crippen molar-refractivity contribution in [2.45, 2.75) is 25.8 Å². The summed E-state index contributed by atoms with van der Waals surface area (Å²) in [5.74, 6) is 2.47. The van der Waals surface area contributed by atoms with E-state index in [-0.39, 0.29) is 0 Å². The van der Waals surface area contributed by atoms with Crippen LogP contribution in [0.25, 0.3) is 0 Å². The average molecular weight is 235 g/mol. The van der Waals surface area contributed by atoms with E-state index < -0.39 is 0 Å². The first-order chi connectivity index (χ1) is 8.27. The second-order valence-electron chi connectivity index (χ2n) is 4.51. The van der Waals surface area contributed by atoms with E-state index >= 15 is 0 Å². The van der Waals surface area contributed by atoms with Crippen molar-refractivity contribution in [1.29, 1.82) is 0 Å². The summed E-state index contributed by atoms with van der Waals surface area (Å²) in [6.07, 6.45) is 4.36. The van der Waals surface area contributed by atoms with Gasteiger partial charge in [0.25, 0.3) is 0 Å². The first-order valence-electron chi connectivity index (χ1n) is 6.28. The monoisotopic (exact) mass is 235 g/mol. The van der Waals surface area contributed by atoms with E-state index in [2.05, 4.69) is 16.9 Å². The van der Waals surface area contributed by atoms with E-state index in [0.717, 1.165) is 17.5 Å². The maximum atomic E-state index is 5.87. The summed E-state index contributed by atoms with van der Waals surface area (Å²) in [7, 11) is 2.06. The van der Waals surface area contributed by atoms with Gasteiger partial charge in [-0.05, 0) is 37.8 Å². The first kappa shape index (κ1) is 12.2. The third-order valence-electron chi connectivity index (χ3n) is 3.29. The van der Waals surface area contributed by atoms with E-state index in [1.165, 1.54) is 12.8 Å². The van der Waals surface area contributed by atoms with Crippen LogP contribution in [0, 0.1) is 5.92 Å². The molecule has 1 atom stereocenters. The predicted octanol–water partition coefficient (Wildman–Crippen LogP) is 1.65. The summed E-state index contributed by atoms with van der Waals surface area (Å²) in [6, 6.07) is 4.24. The Morgan fingerprint density at radius 1 is 1.59 bits per heavy atom. The molecule has 1 aromatic rings. The molecule has 2 rings (SSSR count). The number of anilines is 1. The lowest BCUT2D eigenvalue weighted by atomic mass is 10.1. The Bertz CT molecular complexity index is 365. The fourth-order valence-corrected chi connectivity index (χ4v) is 2.22. The number of hydrogen-bond acceptors (Lipinski definition) is 4. The molecule has 0 bridgehead atoms. The number of pyridine rings is 1. The van der Waals surface area contributed by atoms with Crippen LogP contribution in [0.5, 0.6) is 5.75 Å². The van der Waals surface area contributed by atoms with Crippen molar-refractivity contribution in [3.63, 3.8) is 0 Å². The van der Waals surface area contributed by atoms with Crippen LogP contribution in [0.2, 0.25) is 0 Å². The molecule has 4 heteroatoms. The summed E-state index contributed by atoms with van der Waals surface area (Å²) in [4.78, 5) is 6.59. The topological polar surface area (TPSA) is 51.4 Å². The molecule has 0 saturated heterocycles. The van der Waals surface area contributed by atoms with Gasteiger partial charge in [0.1, 0.15) is 0 Å². The smallest absolute Gasteiger partial charge is 0.171 e. The van der Waals surface area contributed by atoms with Crippen molar-refractivity contribution < 1.29 is 4.74 Å². The average Bonchev–Trinajstić information content (AvgIpc) is 3.15. The van der Waals surface area contributed by atoms with Crippen LogP contribution in [0.4, 0.5) is 5.82 Å². The molecule has 1 aromatic heterocycles. The molecular formula is C13H21N3O. The zero-order valence-electron chi connectivity index (χ0n) is 10.6. The minimum Gasteiger partial charge on any atom is -0.490 e. The molecule has 4 nitrogen and oxygen atoms in total. The molecule has 0 aromatic carbocycles. The van der Waals surface area contributed by atoms with Gasteiger partial charge in [-0.3, -0.25) is 0 Å². The van der Waals surface area contributed by atoms with Crippen molar-refractivity contribution in [2.75, 3.05) is 25.1 Å². The Labute approximate surface area is 103 Å². The Kier molecular flexibility index (Phi) is 3.84. The van der Waals surface area contributed by atoms with Crippen molar-refractivity contribution in [2.24, 2.45) is 11.7 Å². The van der Waals surface area contributed by atoms with Crippen molar-refractivity contribution in [3.8, 4) is 5.75 Å². The molecule has 0 aliphatic heterocycles. The molecule has 2 N–H and O–H groups in total. The van der Waals surface area contributed by atoms with Gasteiger partial charge in [-0.2, -0.15) is 0 Å². The van der Waals surface area contributed by atoms with Crippen LogP contribution in [-0.4, -0.2) is 31.2 Å². The van der Waals surface area contributed by atoms with Gasteiger partial charge in [-0.1, -0.05) is 0 Å². The lowest BCUT2D eigenvalue weighted by Gasteiger charge is -2.29. The molecule has 1 aliphatic carbocycles. The first-order valence-corrected chi connectivity index (χ1v) is 6.28. The molecule has 0 amide bonds. The number of likely N-dealkylation sites (N-methyl/N-ethyl adjacent to an activating group) is 1. The zero-order chi connectivity index (χ0) is 12.3. The fourth-order valence-electron chi connectivity index (χ4n) is 2.22. The van der Waals surface area contributed by atoms with E-state index in [0.29, 0.717) is 19.2 Å². The molecule has 1 aliphatic rings. The van der Waals surface area contributed by atoms with Gasteiger partial charge in [0.15, 0.2) is 11.6 Å². The second-order valence-corrected chi connectivity index (χ2v) is 4.51. The van der Waals surface area contributed by atoms with Crippen LogP contribution in [-0.2, 0) is 0 Å². The molecule has 1 fully saturated rings. The number of rotatable bonds is 6. The number of hydrogen-bond donors (Lipinski definition) is 1. The third-order valence-corrected chi connectivity index (χ3v) is 3.29. The summed E-state index contributed by atoms with van der Waals surface area (Å²) < 4.78 is 5.61. The van der Waals surface area contributed by atoms with Gasteiger partial charge >= 0.3 is 0 Å². The molecule has 1 saturated carbocycles. The lowest BCUT2D eigenvalue weighted by Crippen LogP contribution is -2.40. The van der Waals surface area contributed by atoms with E-state index in [4.69, 9.17) is 10.5 Å². The Balaban J connectivity index is 2.19. The fraction of sp³-hybridized carbons (Fsp3) is 0.615. The number of aromatic nitrogens is 1. The van der Waals surface area contributed by atoms with Gasteiger partial charge in [-0.25, -0.2) is 4.98 Å². The van der Waals surface area contributed by atoms with Crippen LogP contribution in [0.1, 0.15) is 19.8 Å². The minimum atomic E-state index is 0.379. The number of nitrogens with two attached hydrogens (primary N) is 1. The van der Waals surface area contributed by atoms with E-state index in [1.54, 1.807) is 6.20 Å². The molecule has 17 heavy (non-hydrogen) atoms. The van der Waals surface area contributed by atoms with E-state index in [1.807, 2.05) is 19.1 Å². The SMILES string of the molecule is CCOc1cccnc1N(C)C(CN)C1CC1. The maximum absolute atomic E-state index is 5.87. The summed E-state index contributed by atoms with van der Waals surface area (Å²) >= 11 is 0. The third kappa shape index (κ3) is 2.69. The van der Waals surface area contributed by atoms with Crippen LogP contribution >= 0.6 is 0 Å². The lowest BCUT2D eigenvalue weighted by molar-refractivity contribution is 0.338. The maximum Gasteiger partial charge on any atom is 0.171 e. The molecule has 0 spiro atoms. The quantitative estimate of drug-likeness (QED) is 0.814. The summed E-state index contributed by atoms with van der Waals surface area (Å²) in [5.41, 5.74) is 5.87. The van der Waals surface area contributed by atoms with Gasteiger partial charge in [0.05, 0.1) is 6.61 Å². The minimum absolute atomic E-state index is 0.379. The van der Waals surface area contributed by atoms with Gasteiger partial charge < -0.3 is 15.4 Å². The highest BCUT2D eigenvalue weighted by Gasteiger charge is 2.34. The molecule has 0 radical (unpaired) electrons. The van der Waals surface area contributed by atoms with Crippen LogP contribution in [0.3, 0.4) is 0 Å². The predicted molar refractivity (Wildman–Crippen MR) is 69.4 cm³/mol. The summed E-state index contributed by atoms with van der Waals surface area (Å²) in [6.45, 7) is 3.31. The number of nitrogens with zero attached hydrogens (tertiary/aromatic N) is 2. The largest absolute Gasteiger partial charge is 0.490 e. The molecular weight excluding hydrogens is 214 g/mol. The molecule has 1 heterocycles. The van der Waals surface area contributed by atoms with E-state index in [9.17, 15) is 0 Å². The van der Waals surface area contributed by atoms with Crippen molar-refractivity contribution >= 4 is 5.82 Å². The normalized spacial score (nSPS) is 16.6. The van der Waals surface area contributed by atoms with Crippen molar-refractivity contribution in [3.05, 3.63) is 18.3 Å². The highest BCUT2D eigenvalue weighted by molar-refractivity contribution is 5.52. The highest BCUT2D eigenvalue weighted by atomic mass is 16.5. The second kappa shape index (κ2) is 5.36. The van der Waals surface area contributed by atoms with Gasteiger partial charge in [0.2, 0.25) is 0 Å². The highest BCUT2D eigenvalue weighted by Crippen LogP contribution is 2.37. The van der Waals surface area contributed by atoms with Crippen LogP contribution < -0.4 is 15.4 Å². The molecule has 1 unspecified atom stereocenters. The Morgan fingerprint density at radius 2 is 2.35 bits per heavy atom. The van der Waals surface area contributed by atoms with Crippen LogP contribution in [0.15, 0.2) is 18.3 Å². The van der Waals surface area contributed by atoms with Gasteiger partial charge in [-0.15, -0.1) is 0 Å². The molecule has 94 valence electrons. The standard InChI is InChI=1S/C13H21N3O/c1-3-17-12-5-4-8-15-13(12)16(2)11(9-14)10-6-7-10/h4-5,8,10-11H,3,6-7,9,14H2,1-2H3. The Hall–Kier alpha value is -1.29.